The van der Waals surface area contributed by atoms with E-state index in [4.69, 9.17) is 14.2 Å². The number of carbonyl (C=O) groups excluding carboxylic acids is 1. The third kappa shape index (κ3) is 3.08. The van der Waals surface area contributed by atoms with E-state index < -0.39 is 5.97 Å². The van der Waals surface area contributed by atoms with Crippen LogP contribution in [0.25, 0.3) is 6.08 Å². The highest BCUT2D eigenvalue weighted by atomic mass is 16.6. The molecule has 0 aliphatic carbocycles. The maximum Gasteiger partial charge on any atom is 0.363 e. The zero-order valence-corrected chi connectivity index (χ0v) is 12.9. The second kappa shape index (κ2) is 5.96. The number of hydrogen-bond donors (Lipinski definition) is 0. The predicted molar refractivity (Wildman–Crippen MR) is 83.4 cm³/mol. The molecule has 0 radical (unpaired) electrons. The van der Waals surface area contributed by atoms with Crippen molar-refractivity contribution in [2.45, 2.75) is 0 Å². The van der Waals surface area contributed by atoms with Crippen molar-refractivity contribution in [2.24, 2.45) is 12.0 Å². The van der Waals surface area contributed by atoms with Gasteiger partial charge in [-0.3, -0.25) is 4.68 Å². The molecule has 1 aromatic carbocycles. The van der Waals surface area contributed by atoms with E-state index in [0.29, 0.717) is 17.1 Å². The van der Waals surface area contributed by atoms with E-state index in [2.05, 4.69) is 10.1 Å². The molecule has 118 valence electrons. The first-order chi connectivity index (χ1) is 11.1. The van der Waals surface area contributed by atoms with Crippen LogP contribution in [-0.2, 0) is 16.6 Å². The summed E-state index contributed by atoms with van der Waals surface area (Å²) in [6, 6.07) is 5.18. The fourth-order valence-electron chi connectivity index (χ4n) is 2.14. The summed E-state index contributed by atoms with van der Waals surface area (Å²) >= 11 is 0. The van der Waals surface area contributed by atoms with Crippen LogP contribution in [0.15, 0.2) is 41.3 Å². The highest BCUT2D eigenvalue weighted by Crippen LogP contribution is 2.26. The first-order valence-electron chi connectivity index (χ1n) is 6.83. The molecule has 0 atom stereocenters. The van der Waals surface area contributed by atoms with Crippen molar-refractivity contribution in [2.75, 3.05) is 14.2 Å². The summed E-state index contributed by atoms with van der Waals surface area (Å²) in [6.07, 6.45) is 5.05. The summed E-state index contributed by atoms with van der Waals surface area (Å²) in [7, 11) is 4.90. The summed E-state index contributed by atoms with van der Waals surface area (Å²) in [5.41, 5.74) is 1.59. The number of esters is 1. The van der Waals surface area contributed by atoms with Crippen LogP contribution in [0.3, 0.4) is 0 Å². The van der Waals surface area contributed by atoms with Gasteiger partial charge in [-0.25, -0.2) is 9.79 Å². The molecule has 1 aliphatic rings. The van der Waals surface area contributed by atoms with Gasteiger partial charge in [0.1, 0.15) is 11.5 Å². The van der Waals surface area contributed by atoms with Crippen LogP contribution in [0.2, 0.25) is 0 Å². The zero-order valence-electron chi connectivity index (χ0n) is 12.9. The van der Waals surface area contributed by atoms with E-state index in [1.165, 1.54) is 0 Å². The normalized spacial score (nSPS) is 15.5. The molecule has 0 fully saturated rings. The summed E-state index contributed by atoms with van der Waals surface area (Å²) < 4.78 is 17.3. The van der Waals surface area contributed by atoms with Gasteiger partial charge in [0.05, 0.1) is 20.4 Å². The van der Waals surface area contributed by atoms with E-state index in [1.807, 2.05) is 0 Å². The van der Waals surface area contributed by atoms with Crippen molar-refractivity contribution < 1.29 is 19.0 Å². The molecule has 0 saturated carbocycles. The lowest BCUT2D eigenvalue weighted by Gasteiger charge is -2.07. The largest absolute Gasteiger partial charge is 0.497 e. The number of benzene rings is 1. The van der Waals surface area contributed by atoms with E-state index in [-0.39, 0.29) is 11.6 Å². The predicted octanol–water partition coefficient (Wildman–Crippen LogP) is 1.78. The number of rotatable bonds is 4. The first-order valence-corrected chi connectivity index (χ1v) is 6.83. The molecule has 2 heterocycles. The number of aliphatic imine (C=N–C) groups is 1. The fraction of sp³-hybridized carbons (Fsp3) is 0.188. The van der Waals surface area contributed by atoms with Gasteiger partial charge in [-0.1, -0.05) is 0 Å². The molecule has 7 nitrogen and oxygen atoms in total. The molecule has 2 aromatic rings. The minimum atomic E-state index is -0.509. The van der Waals surface area contributed by atoms with Crippen molar-refractivity contribution in [3.05, 3.63) is 47.4 Å². The Kier molecular flexibility index (Phi) is 3.84. The number of nitrogens with zero attached hydrogens (tertiary/aromatic N) is 3. The van der Waals surface area contributed by atoms with Crippen molar-refractivity contribution in [3.63, 3.8) is 0 Å². The van der Waals surface area contributed by atoms with Gasteiger partial charge in [-0.2, -0.15) is 5.10 Å². The highest BCUT2D eigenvalue weighted by Gasteiger charge is 2.25. The third-order valence-electron chi connectivity index (χ3n) is 3.25. The average Bonchev–Trinajstić information content (AvgIpc) is 3.13. The topological polar surface area (TPSA) is 74.9 Å². The van der Waals surface area contributed by atoms with Gasteiger partial charge in [0, 0.05) is 30.4 Å². The van der Waals surface area contributed by atoms with E-state index >= 15 is 0 Å². The minimum Gasteiger partial charge on any atom is -0.497 e. The number of carbonyl (C=O) groups is 1. The third-order valence-corrected chi connectivity index (χ3v) is 3.25. The van der Waals surface area contributed by atoms with Gasteiger partial charge in [0.25, 0.3) is 0 Å². The summed E-state index contributed by atoms with van der Waals surface area (Å²) in [4.78, 5) is 16.2. The molecule has 0 spiro atoms. The van der Waals surface area contributed by atoms with E-state index in [9.17, 15) is 4.79 Å². The SMILES string of the molecule is COc1cc(OC)cc(C2=NC(=Cc3cnn(C)c3)C(=O)O2)c1. The second-order valence-corrected chi connectivity index (χ2v) is 4.88. The number of aromatic nitrogens is 2. The van der Waals surface area contributed by atoms with Crippen molar-refractivity contribution >= 4 is 17.9 Å². The van der Waals surface area contributed by atoms with Crippen molar-refractivity contribution in [3.8, 4) is 11.5 Å². The second-order valence-electron chi connectivity index (χ2n) is 4.88. The Balaban J connectivity index is 1.96. The standard InChI is InChI=1S/C16H15N3O4/c1-19-9-10(8-17-19)4-14-16(20)23-15(18-14)11-5-12(21-2)7-13(6-11)22-3/h4-9H,1-3H3. The molecule has 7 heteroatoms. The lowest BCUT2D eigenvalue weighted by molar-refractivity contribution is -0.129. The molecule has 0 saturated heterocycles. The van der Waals surface area contributed by atoms with Crippen LogP contribution < -0.4 is 9.47 Å². The molecular weight excluding hydrogens is 298 g/mol. The molecule has 0 bridgehead atoms. The van der Waals surface area contributed by atoms with Gasteiger partial charge in [-0.05, 0) is 18.2 Å². The maximum absolute atomic E-state index is 12.0. The Hall–Kier alpha value is -3.09. The fourth-order valence-corrected chi connectivity index (χ4v) is 2.14. The van der Waals surface area contributed by atoms with Crippen LogP contribution in [0.5, 0.6) is 11.5 Å². The Morgan fingerprint density at radius 2 is 1.87 bits per heavy atom. The Bertz CT molecular complexity index is 798. The van der Waals surface area contributed by atoms with Crippen LogP contribution >= 0.6 is 0 Å². The summed E-state index contributed by atoms with van der Waals surface area (Å²) in [5.74, 6) is 0.874. The zero-order chi connectivity index (χ0) is 16.4. The Labute approximate surface area is 132 Å². The first kappa shape index (κ1) is 14.8. The summed E-state index contributed by atoms with van der Waals surface area (Å²) in [6.45, 7) is 0. The average molecular weight is 313 g/mol. The molecule has 23 heavy (non-hydrogen) atoms. The van der Waals surface area contributed by atoms with Gasteiger partial charge < -0.3 is 14.2 Å². The number of ether oxygens (including phenoxy) is 3. The van der Waals surface area contributed by atoms with Crippen LogP contribution in [0.4, 0.5) is 0 Å². The minimum absolute atomic E-state index is 0.211. The Morgan fingerprint density at radius 1 is 1.17 bits per heavy atom. The van der Waals surface area contributed by atoms with Crippen molar-refractivity contribution in [1.82, 2.24) is 9.78 Å². The molecular formula is C16H15N3O4. The molecule has 0 unspecified atom stereocenters. The highest BCUT2D eigenvalue weighted by molar-refractivity contribution is 6.13. The van der Waals surface area contributed by atoms with E-state index in [0.717, 1.165) is 5.56 Å². The quantitative estimate of drug-likeness (QED) is 0.635. The van der Waals surface area contributed by atoms with Gasteiger partial charge >= 0.3 is 5.97 Å². The molecule has 1 aromatic heterocycles. The lowest BCUT2D eigenvalue weighted by atomic mass is 10.2. The molecule has 0 N–H and O–H groups in total. The van der Waals surface area contributed by atoms with Gasteiger partial charge in [0.2, 0.25) is 5.90 Å². The van der Waals surface area contributed by atoms with Crippen molar-refractivity contribution in [1.29, 1.82) is 0 Å². The monoisotopic (exact) mass is 313 g/mol. The maximum atomic E-state index is 12.0. The van der Waals surface area contributed by atoms with Gasteiger partial charge in [0.15, 0.2) is 5.70 Å². The number of methoxy groups -OCH3 is 2. The summed E-state index contributed by atoms with van der Waals surface area (Å²) in [5, 5.41) is 4.04. The van der Waals surface area contributed by atoms with Crippen LogP contribution in [0.1, 0.15) is 11.1 Å². The lowest BCUT2D eigenvalue weighted by Crippen LogP contribution is -2.06. The molecule has 0 amide bonds. The smallest absolute Gasteiger partial charge is 0.363 e. The molecule has 3 rings (SSSR count). The van der Waals surface area contributed by atoms with E-state index in [1.54, 1.807) is 62.6 Å². The van der Waals surface area contributed by atoms with Crippen LogP contribution in [0, 0.1) is 0 Å². The number of aryl methyl sites for hydroxylation is 1. The Morgan fingerprint density at radius 3 is 2.43 bits per heavy atom. The molecule has 1 aliphatic heterocycles. The number of hydrogen-bond acceptors (Lipinski definition) is 6. The van der Waals surface area contributed by atoms with Gasteiger partial charge in [-0.15, -0.1) is 0 Å². The number of cyclic esters (lactones) is 1. The van der Waals surface area contributed by atoms with Crippen LogP contribution in [-0.4, -0.2) is 35.9 Å².